The molecule has 382 valence electrons. The third kappa shape index (κ3) is 6.00. The molecule has 0 bridgehead atoms. The fraction of sp³-hybridized carbons (Fsp3) is 0.215. The van der Waals surface area contributed by atoms with Crippen molar-refractivity contribution in [2.75, 3.05) is 0 Å². The van der Waals surface area contributed by atoms with Gasteiger partial charge in [0.1, 0.15) is 0 Å². The standard InChI is InChI=1S/C79H66/c1-44-50-24-15-16-25-54(50)71-51(44)32-33-62-73(71)59-42-67-57(40-69(59)76(62,4)5)52-30-28-45(37-65(52)78(67,8)9)36-56(48-23-19-22-47(38-48)46-20-13-12-14-21-46)49-29-31-53-58-41-70-60(43-68(58)79(10,11)66(53)39-49)74-64(77(70,6)7)35-34-63-72(74)55-26-17-18-27-61(55)75(63,2)3/h12-35,37-43,56H,1,36H2,2-11H3. The van der Waals surface area contributed by atoms with E-state index >= 15 is 0 Å². The van der Waals surface area contributed by atoms with E-state index in [9.17, 15) is 0 Å². The Kier molecular flexibility index (Phi) is 9.16. The highest BCUT2D eigenvalue weighted by Gasteiger charge is 2.48. The molecule has 0 saturated carbocycles. The van der Waals surface area contributed by atoms with E-state index < -0.39 is 0 Å². The van der Waals surface area contributed by atoms with Crippen molar-refractivity contribution in [2.24, 2.45) is 0 Å². The van der Waals surface area contributed by atoms with Crippen LogP contribution in [0.25, 0.3) is 83.5 Å². The molecule has 1 unspecified atom stereocenters. The Balaban J connectivity index is 0.804. The first-order valence-electron chi connectivity index (χ1n) is 28.9. The molecule has 0 aromatic heterocycles. The quantitative estimate of drug-likeness (QED) is 0.161. The van der Waals surface area contributed by atoms with E-state index in [0.717, 1.165) is 12.0 Å². The second kappa shape index (κ2) is 15.4. The summed E-state index contributed by atoms with van der Waals surface area (Å²) in [5, 5.41) is 0. The molecule has 0 saturated heterocycles. The number of fused-ring (bicyclic) bond motifs is 20. The molecule has 0 fully saturated rings. The minimum Gasteiger partial charge on any atom is -0.0905 e. The molecule has 0 amide bonds. The molecule has 79 heavy (non-hydrogen) atoms. The fourth-order valence-corrected chi connectivity index (χ4v) is 16.6. The topological polar surface area (TPSA) is 0 Å². The Morgan fingerprint density at radius 1 is 0.278 bits per heavy atom. The molecule has 16 rings (SSSR count). The molecule has 0 spiro atoms. The smallest absolute Gasteiger partial charge is 0.0159 e. The Morgan fingerprint density at radius 2 is 0.722 bits per heavy atom. The second-order valence-electron chi connectivity index (χ2n) is 26.8. The normalized spacial score (nSPS) is 17.5. The first-order valence-corrected chi connectivity index (χ1v) is 28.9. The molecular formula is C79H66. The van der Waals surface area contributed by atoms with Crippen LogP contribution in [0, 0.1) is 0 Å². The molecule has 6 aliphatic carbocycles. The van der Waals surface area contributed by atoms with E-state index in [1.54, 1.807) is 0 Å². The highest BCUT2D eigenvalue weighted by molar-refractivity contribution is 6.09. The maximum Gasteiger partial charge on any atom is 0.0159 e. The Labute approximate surface area is 467 Å². The average Bonchev–Trinajstić information content (AvgIpc) is 2.72. The van der Waals surface area contributed by atoms with Crippen LogP contribution in [0.15, 0.2) is 195 Å². The maximum absolute atomic E-state index is 4.62. The van der Waals surface area contributed by atoms with Gasteiger partial charge >= 0.3 is 0 Å². The lowest BCUT2D eigenvalue weighted by atomic mass is 9.77. The van der Waals surface area contributed by atoms with E-state index in [1.807, 2.05) is 0 Å². The number of hydrogen-bond acceptors (Lipinski definition) is 0. The van der Waals surface area contributed by atoms with Crippen molar-refractivity contribution in [1.29, 1.82) is 0 Å². The van der Waals surface area contributed by atoms with Crippen LogP contribution in [-0.2, 0) is 33.5 Å². The van der Waals surface area contributed by atoms with Crippen LogP contribution in [0.2, 0.25) is 0 Å². The van der Waals surface area contributed by atoms with Gasteiger partial charge < -0.3 is 0 Å². The summed E-state index contributed by atoms with van der Waals surface area (Å²) in [6.45, 7) is 29.1. The van der Waals surface area contributed by atoms with Crippen LogP contribution in [0.1, 0.15) is 159 Å². The second-order valence-corrected chi connectivity index (χ2v) is 26.8. The highest BCUT2D eigenvalue weighted by Crippen LogP contribution is 2.63. The molecule has 6 aliphatic rings. The van der Waals surface area contributed by atoms with E-state index in [1.165, 1.54) is 161 Å². The lowest BCUT2D eigenvalue weighted by Gasteiger charge is -2.26. The summed E-state index contributed by atoms with van der Waals surface area (Å²) >= 11 is 0. The number of hydrogen-bond donors (Lipinski definition) is 0. The first-order chi connectivity index (χ1) is 37.9. The lowest BCUT2D eigenvalue weighted by molar-refractivity contribution is 0.647. The Hall–Kier alpha value is -8.06. The van der Waals surface area contributed by atoms with Gasteiger partial charge in [0.25, 0.3) is 0 Å². The molecule has 1 atom stereocenters. The van der Waals surface area contributed by atoms with Gasteiger partial charge in [0.2, 0.25) is 0 Å². The molecule has 0 radical (unpaired) electrons. The molecule has 0 aliphatic heterocycles. The first kappa shape index (κ1) is 47.0. The highest BCUT2D eigenvalue weighted by atomic mass is 14.5. The largest absolute Gasteiger partial charge is 0.0905 e. The van der Waals surface area contributed by atoms with Crippen molar-refractivity contribution < 1.29 is 0 Å². The van der Waals surface area contributed by atoms with E-state index in [2.05, 4.69) is 264 Å². The molecule has 0 heteroatoms. The van der Waals surface area contributed by atoms with Gasteiger partial charge in [-0.2, -0.15) is 0 Å². The molecule has 10 aromatic carbocycles. The summed E-state index contributed by atoms with van der Waals surface area (Å²) < 4.78 is 0. The summed E-state index contributed by atoms with van der Waals surface area (Å²) in [4.78, 5) is 0. The van der Waals surface area contributed by atoms with E-state index in [-0.39, 0.29) is 33.0 Å². The molecular weight excluding hydrogens is 949 g/mol. The van der Waals surface area contributed by atoms with Gasteiger partial charge in [0, 0.05) is 33.0 Å². The lowest BCUT2D eigenvalue weighted by Crippen LogP contribution is -2.18. The number of rotatable bonds is 5. The predicted octanol–water partition coefficient (Wildman–Crippen LogP) is 20.3. The zero-order chi connectivity index (χ0) is 54.0. The molecule has 0 heterocycles. The van der Waals surface area contributed by atoms with Gasteiger partial charge in [-0.05, 0) is 198 Å². The SMILES string of the molecule is C=C1c2ccccc2-c2c1ccc1c2-c2cc3c(cc2C1(C)C)-c1ccc(CC(c2cccc(-c4ccccc4)c2)c2ccc4c(c2)C(C)(C)c2cc5c(cc2-4)C(C)(C)c2ccc4c(c2-5)-c2ccccc2C4(C)C)cc1C3(C)C. The maximum atomic E-state index is 4.62. The van der Waals surface area contributed by atoms with Crippen LogP contribution in [0.3, 0.4) is 0 Å². The van der Waals surface area contributed by atoms with Crippen LogP contribution < -0.4 is 0 Å². The number of benzene rings is 10. The third-order valence-electron chi connectivity index (χ3n) is 21.0. The van der Waals surface area contributed by atoms with Crippen molar-refractivity contribution >= 4 is 5.57 Å². The zero-order valence-corrected chi connectivity index (χ0v) is 47.4. The molecule has 10 aromatic rings. The Morgan fingerprint density at radius 3 is 1.38 bits per heavy atom. The Bertz CT molecular complexity index is 4420. The molecule has 0 N–H and O–H groups in total. The van der Waals surface area contributed by atoms with Gasteiger partial charge in [0.05, 0.1) is 0 Å². The van der Waals surface area contributed by atoms with Crippen molar-refractivity contribution in [3.63, 3.8) is 0 Å². The summed E-state index contributed by atoms with van der Waals surface area (Å²) in [6.07, 6.45) is 0.888. The summed E-state index contributed by atoms with van der Waals surface area (Å²) in [5.41, 5.74) is 40.6. The van der Waals surface area contributed by atoms with Gasteiger partial charge in [-0.25, -0.2) is 0 Å². The van der Waals surface area contributed by atoms with Crippen LogP contribution >= 0.6 is 0 Å². The van der Waals surface area contributed by atoms with Crippen molar-refractivity contribution in [3.8, 4) is 77.9 Å². The van der Waals surface area contributed by atoms with Crippen LogP contribution in [-0.4, -0.2) is 0 Å². The van der Waals surface area contributed by atoms with Gasteiger partial charge in [-0.1, -0.05) is 240 Å². The molecule has 0 nitrogen and oxygen atoms in total. The minimum absolute atomic E-state index is 0.0505. The van der Waals surface area contributed by atoms with E-state index in [4.69, 9.17) is 0 Å². The van der Waals surface area contributed by atoms with Crippen molar-refractivity contribution in [1.82, 2.24) is 0 Å². The van der Waals surface area contributed by atoms with Gasteiger partial charge in [-0.15, -0.1) is 0 Å². The summed E-state index contributed by atoms with van der Waals surface area (Å²) in [7, 11) is 0. The van der Waals surface area contributed by atoms with E-state index in [0.29, 0.717) is 0 Å². The zero-order valence-electron chi connectivity index (χ0n) is 47.4. The average molecular weight is 1020 g/mol. The van der Waals surface area contributed by atoms with Gasteiger partial charge in [0.15, 0.2) is 0 Å². The minimum atomic E-state index is -0.204. The predicted molar refractivity (Wildman–Crippen MR) is 332 cm³/mol. The summed E-state index contributed by atoms with van der Waals surface area (Å²) in [6, 6.07) is 73.4. The van der Waals surface area contributed by atoms with Crippen LogP contribution in [0.5, 0.6) is 0 Å². The van der Waals surface area contributed by atoms with Crippen molar-refractivity contribution in [3.05, 3.63) is 278 Å². The van der Waals surface area contributed by atoms with Crippen LogP contribution in [0.4, 0.5) is 0 Å². The fourth-order valence-electron chi connectivity index (χ4n) is 16.6. The summed E-state index contributed by atoms with van der Waals surface area (Å²) in [5.74, 6) is 0.126. The van der Waals surface area contributed by atoms with Crippen molar-refractivity contribution in [2.45, 2.75) is 109 Å². The third-order valence-corrected chi connectivity index (χ3v) is 21.0. The monoisotopic (exact) mass is 1010 g/mol. The van der Waals surface area contributed by atoms with Gasteiger partial charge in [-0.3, -0.25) is 0 Å².